The molecule has 14 heavy (non-hydrogen) atoms. The quantitative estimate of drug-likeness (QED) is 0.418. The molecule has 0 aromatic carbocycles. The van der Waals surface area contributed by atoms with Gasteiger partial charge in [-0.1, -0.05) is 0 Å². The molecule has 0 amide bonds. The third-order valence-corrected chi connectivity index (χ3v) is 0. The van der Waals surface area contributed by atoms with Crippen LogP contribution < -0.4 is 0 Å². The van der Waals surface area contributed by atoms with Gasteiger partial charge in [0.15, 0.2) is 0 Å². The van der Waals surface area contributed by atoms with Crippen LogP contribution in [0.4, 0.5) is 0 Å². The second-order valence-corrected chi connectivity index (χ2v) is 1.04. The van der Waals surface area contributed by atoms with E-state index in [1.54, 1.807) is 0 Å². The number of hydrogen-bond donors (Lipinski definition) is 2. The van der Waals surface area contributed by atoms with E-state index in [2.05, 4.69) is 0 Å². The third-order valence-electron chi connectivity index (χ3n) is 0. The van der Waals surface area contributed by atoms with Crippen LogP contribution in [0.1, 0.15) is 19.6 Å². The SMILES string of the molecule is CC(=O)O.CC(=O)O.O.O.O.O.[H-].[H-].[H-].[H-].[Mg+2].[Mg+2]. The second-order valence-electron chi connectivity index (χ2n) is 1.04. The molecule has 0 fully saturated rings. The van der Waals surface area contributed by atoms with Gasteiger partial charge in [0, 0.05) is 13.8 Å². The Morgan fingerprint density at radius 2 is 0.786 bits per heavy atom. The molecular weight excluding hydrogens is 225 g/mol. The van der Waals surface area contributed by atoms with Crippen molar-refractivity contribution in [3.8, 4) is 0 Å². The van der Waals surface area contributed by atoms with Crippen molar-refractivity contribution in [3.63, 3.8) is 0 Å². The Bertz CT molecular complexity index is 91.1. The summed E-state index contributed by atoms with van der Waals surface area (Å²) in [7, 11) is 0. The summed E-state index contributed by atoms with van der Waals surface area (Å²) in [6.07, 6.45) is 0. The number of carboxylic acid groups (broad SMARTS) is 2. The molecule has 0 atom stereocenters. The molecule has 10 heteroatoms. The Hall–Kier alpha value is 0.312. The minimum atomic E-state index is -0.833. The van der Waals surface area contributed by atoms with E-state index >= 15 is 0 Å². The van der Waals surface area contributed by atoms with E-state index in [0.29, 0.717) is 0 Å². The van der Waals surface area contributed by atoms with E-state index in [-0.39, 0.29) is 73.7 Å². The summed E-state index contributed by atoms with van der Waals surface area (Å²) in [5, 5.41) is 14.8. The molecule has 0 radical (unpaired) electrons. The first-order valence-corrected chi connectivity index (χ1v) is 1.86. The van der Waals surface area contributed by atoms with Crippen LogP contribution >= 0.6 is 0 Å². The van der Waals surface area contributed by atoms with E-state index in [9.17, 15) is 0 Å². The van der Waals surface area contributed by atoms with Crippen molar-refractivity contribution >= 4 is 58.0 Å². The van der Waals surface area contributed by atoms with Gasteiger partial charge in [0.2, 0.25) is 0 Å². The first-order chi connectivity index (χ1) is 3.46. The molecule has 0 aliphatic rings. The zero-order valence-corrected chi connectivity index (χ0v) is 11.0. The summed E-state index contributed by atoms with van der Waals surface area (Å²) in [6.45, 7) is 2.17. The molecule has 0 heterocycles. The fraction of sp³-hybridized carbons (Fsp3) is 0.500. The zero-order chi connectivity index (χ0) is 7.15. The average molecular weight is 245 g/mol. The maximum absolute atomic E-state index is 9.00. The van der Waals surface area contributed by atoms with Gasteiger partial charge < -0.3 is 37.8 Å². The maximum atomic E-state index is 9.00. The van der Waals surface area contributed by atoms with Crippen LogP contribution in [0, 0.1) is 0 Å². The first kappa shape index (κ1) is 63.7. The number of carboxylic acids is 2. The predicted molar refractivity (Wildman–Crippen MR) is 57.0 cm³/mol. The van der Waals surface area contributed by atoms with Crippen molar-refractivity contribution in [1.29, 1.82) is 0 Å². The summed E-state index contributed by atoms with van der Waals surface area (Å²) >= 11 is 0. The fourth-order valence-corrected chi connectivity index (χ4v) is 0. The Labute approximate surface area is 119 Å². The van der Waals surface area contributed by atoms with Crippen LogP contribution in [0.2, 0.25) is 0 Å². The summed E-state index contributed by atoms with van der Waals surface area (Å²) in [5.74, 6) is -1.67. The molecule has 0 unspecified atom stereocenters. The van der Waals surface area contributed by atoms with E-state index < -0.39 is 11.9 Å². The number of rotatable bonds is 0. The molecule has 88 valence electrons. The molecule has 0 saturated heterocycles. The fourth-order valence-electron chi connectivity index (χ4n) is 0. The molecular formula is C4H20Mg2O8. The van der Waals surface area contributed by atoms with Crippen LogP contribution in [0.25, 0.3) is 0 Å². The zero-order valence-electron chi connectivity index (χ0n) is 12.1. The van der Waals surface area contributed by atoms with Gasteiger partial charge >= 0.3 is 46.1 Å². The van der Waals surface area contributed by atoms with Gasteiger partial charge in [-0.3, -0.25) is 9.59 Å². The molecule has 8 nitrogen and oxygen atoms in total. The van der Waals surface area contributed by atoms with Gasteiger partial charge in [-0.25, -0.2) is 0 Å². The molecule has 0 rings (SSSR count). The molecule has 0 aromatic rings. The van der Waals surface area contributed by atoms with Crippen molar-refractivity contribution in [2.24, 2.45) is 0 Å². The van der Waals surface area contributed by atoms with Gasteiger partial charge in [0.1, 0.15) is 0 Å². The average Bonchev–Trinajstić information content (AvgIpc) is 1.25. The smallest absolute Gasteiger partial charge is 1.00 e. The van der Waals surface area contributed by atoms with Crippen molar-refractivity contribution < 1.29 is 47.4 Å². The van der Waals surface area contributed by atoms with Gasteiger partial charge in [-0.2, -0.15) is 0 Å². The number of aliphatic carboxylic acids is 2. The van der Waals surface area contributed by atoms with E-state index in [1.807, 2.05) is 0 Å². The Balaban J connectivity index is -0.00000000257. The summed E-state index contributed by atoms with van der Waals surface area (Å²) in [4.78, 5) is 18.0. The summed E-state index contributed by atoms with van der Waals surface area (Å²) in [5.41, 5.74) is 0. The van der Waals surface area contributed by atoms with Crippen LogP contribution in [0.3, 0.4) is 0 Å². The standard InChI is InChI=1S/2C2H4O2.2Mg.4H2O.4H/c2*1-2(3)4;;;;;;;;;;/h2*1H3,(H,3,4);;;4*1H2;;;;/q;;2*+2;;;;;4*-1. The predicted octanol–water partition coefficient (Wildman–Crippen LogP) is -3.43. The molecule has 0 spiro atoms. The Kier molecular flexibility index (Phi) is 230. The Morgan fingerprint density at radius 1 is 0.786 bits per heavy atom. The van der Waals surface area contributed by atoms with Crippen molar-refractivity contribution in [2.75, 3.05) is 0 Å². The molecule has 0 bridgehead atoms. The summed E-state index contributed by atoms with van der Waals surface area (Å²) < 4.78 is 0. The van der Waals surface area contributed by atoms with Gasteiger partial charge in [0.25, 0.3) is 11.9 Å². The largest absolute Gasteiger partial charge is 2.00 e. The maximum Gasteiger partial charge on any atom is 2.00 e. The van der Waals surface area contributed by atoms with E-state index in [0.717, 1.165) is 13.8 Å². The molecule has 10 N–H and O–H groups in total. The minimum absolute atomic E-state index is 0. The monoisotopic (exact) mass is 244 g/mol. The van der Waals surface area contributed by atoms with Crippen LogP contribution in [0.15, 0.2) is 0 Å². The van der Waals surface area contributed by atoms with Crippen molar-refractivity contribution in [1.82, 2.24) is 0 Å². The van der Waals surface area contributed by atoms with E-state index in [1.165, 1.54) is 0 Å². The second kappa shape index (κ2) is 50.6. The van der Waals surface area contributed by atoms with Gasteiger partial charge in [-0.15, -0.1) is 0 Å². The molecule has 0 aliphatic carbocycles. The van der Waals surface area contributed by atoms with Crippen LogP contribution in [-0.4, -0.2) is 90.2 Å². The molecule has 0 aromatic heterocycles. The first-order valence-electron chi connectivity index (χ1n) is 1.86. The third kappa shape index (κ3) is 16100. The number of carbonyl (C=O) groups is 2. The Morgan fingerprint density at radius 3 is 0.786 bits per heavy atom. The van der Waals surface area contributed by atoms with Crippen LogP contribution in [0.5, 0.6) is 0 Å². The van der Waals surface area contributed by atoms with Crippen molar-refractivity contribution in [2.45, 2.75) is 13.8 Å². The van der Waals surface area contributed by atoms with Crippen molar-refractivity contribution in [3.05, 3.63) is 0 Å². The number of hydrogen-bond acceptors (Lipinski definition) is 2. The normalized spacial score (nSPS) is 3.57. The molecule has 0 saturated carbocycles. The van der Waals surface area contributed by atoms with E-state index in [4.69, 9.17) is 19.8 Å². The summed E-state index contributed by atoms with van der Waals surface area (Å²) in [6, 6.07) is 0. The van der Waals surface area contributed by atoms with Gasteiger partial charge in [0.05, 0.1) is 0 Å². The van der Waals surface area contributed by atoms with Crippen LogP contribution in [-0.2, 0) is 9.59 Å². The topological polar surface area (TPSA) is 201 Å². The minimum Gasteiger partial charge on any atom is -1.00 e. The molecule has 0 aliphatic heterocycles. The van der Waals surface area contributed by atoms with Gasteiger partial charge in [-0.05, 0) is 0 Å².